The first-order valence-electron chi connectivity index (χ1n) is 5.35. The lowest BCUT2D eigenvalue weighted by atomic mass is 10.2. The van der Waals surface area contributed by atoms with E-state index >= 15 is 0 Å². The minimum absolute atomic E-state index is 0.522. The van der Waals surface area contributed by atoms with Gasteiger partial charge in [0.1, 0.15) is 17.6 Å². The second-order valence-corrected chi connectivity index (χ2v) is 5.85. The Balaban J connectivity index is 2.37. The number of hydrogen-bond acceptors (Lipinski definition) is 2. The van der Waals surface area contributed by atoms with Crippen molar-refractivity contribution in [3.63, 3.8) is 0 Å². The Hall–Kier alpha value is -0.330. The van der Waals surface area contributed by atoms with E-state index in [0.29, 0.717) is 12.2 Å². The Kier molecular flexibility index (Phi) is 4.27. The normalized spacial score (nSPS) is 12.7. The fourth-order valence-corrected chi connectivity index (χ4v) is 3.06. The molecule has 2 nitrogen and oxygen atoms in total. The lowest BCUT2D eigenvalue weighted by Crippen LogP contribution is -1.91. The van der Waals surface area contributed by atoms with Gasteiger partial charge in [0.05, 0.1) is 0 Å². The summed E-state index contributed by atoms with van der Waals surface area (Å²) in [6.07, 6.45) is 0.132. The molecule has 17 heavy (non-hydrogen) atoms. The van der Waals surface area contributed by atoms with Crippen molar-refractivity contribution >= 4 is 38.5 Å². The highest BCUT2D eigenvalue weighted by Gasteiger charge is 2.12. The van der Waals surface area contributed by atoms with E-state index in [4.69, 9.17) is 4.42 Å². The van der Waals surface area contributed by atoms with Crippen LogP contribution in [0, 0.1) is 3.57 Å². The van der Waals surface area contributed by atoms with Crippen molar-refractivity contribution in [3.05, 3.63) is 44.1 Å². The van der Waals surface area contributed by atoms with Gasteiger partial charge < -0.3 is 9.52 Å². The Labute approximate surface area is 122 Å². The topological polar surface area (TPSA) is 33.4 Å². The van der Waals surface area contributed by atoms with E-state index in [1.165, 1.54) is 3.57 Å². The van der Waals surface area contributed by atoms with Crippen molar-refractivity contribution < 1.29 is 9.52 Å². The van der Waals surface area contributed by atoms with Crippen LogP contribution < -0.4 is 0 Å². The zero-order valence-corrected chi connectivity index (χ0v) is 13.0. The van der Waals surface area contributed by atoms with Crippen LogP contribution in [0.25, 0.3) is 11.3 Å². The van der Waals surface area contributed by atoms with E-state index in [1.54, 1.807) is 0 Å². The number of aliphatic hydroxyl groups is 1. The van der Waals surface area contributed by atoms with E-state index in [9.17, 15) is 5.11 Å². The summed E-state index contributed by atoms with van der Waals surface area (Å²) < 4.78 is 7.82. The molecular weight excluding hydrogens is 395 g/mol. The molecule has 1 aromatic heterocycles. The Morgan fingerprint density at radius 3 is 2.76 bits per heavy atom. The first-order valence-corrected chi connectivity index (χ1v) is 7.22. The minimum atomic E-state index is -0.522. The maximum atomic E-state index is 9.70. The van der Waals surface area contributed by atoms with Gasteiger partial charge in [-0.3, -0.25) is 0 Å². The lowest BCUT2D eigenvalue weighted by Gasteiger charge is -2.04. The number of hydrogen-bond donors (Lipinski definition) is 1. The van der Waals surface area contributed by atoms with Gasteiger partial charge >= 0.3 is 0 Å². The van der Waals surface area contributed by atoms with Crippen LogP contribution in [0.4, 0.5) is 0 Å². The summed E-state index contributed by atoms with van der Waals surface area (Å²) in [5.41, 5.74) is 1.000. The molecule has 0 bridgehead atoms. The van der Waals surface area contributed by atoms with Crippen molar-refractivity contribution in [2.45, 2.75) is 19.4 Å². The standard InChI is InChI=1S/C13H12BrIO2/c1-2-11(16)13-6-5-12(17-13)9-4-3-8(15)7-10(9)14/h3-7,11,16H,2H2,1H3. The van der Waals surface area contributed by atoms with Crippen LogP contribution in [0.3, 0.4) is 0 Å². The first-order chi connectivity index (χ1) is 8.11. The van der Waals surface area contributed by atoms with Gasteiger partial charge in [-0.1, -0.05) is 6.92 Å². The van der Waals surface area contributed by atoms with Crippen molar-refractivity contribution in [2.24, 2.45) is 0 Å². The molecule has 0 aliphatic rings. The highest BCUT2D eigenvalue weighted by molar-refractivity contribution is 14.1. The molecule has 1 N–H and O–H groups in total. The summed E-state index contributed by atoms with van der Waals surface area (Å²) in [7, 11) is 0. The fourth-order valence-electron chi connectivity index (χ4n) is 1.57. The van der Waals surface area contributed by atoms with Crippen LogP contribution in [0.2, 0.25) is 0 Å². The molecule has 1 atom stereocenters. The predicted octanol–water partition coefficient (Wildman–Crippen LogP) is 4.76. The smallest absolute Gasteiger partial charge is 0.135 e. The maximum absolute atomic E-state index is 9.70. The summed E-state index contributed by atoms with van der Waals surface area (Å²) in [6.45, 7) is 1.92. The van der Waals surface area contributed by atoms with Gasteiger partial charge in [0.15, 0.2) is 0 Å². The molecule has 0 spiro atoms. The molecule has 1 unspecified atom stereocenters. The zero-order chi connectivity index (χ0) is 12.4. The number of rotatable bonds is 3. The molecule has 0 saturated heterocycles. The summed E-state index contributed by atoms with van der Waals surface area (Å²) in [5, 5.41) is 9.70. The first kappa shape index (κ1) is 13.1. The third-order valence-corrected chi connectivity index (χ3v) is 3.87. The molecule has 0 radical (unpaired) electrons. The van der Waals surface area contributed by atoms with E-state index < -0.39 is 6.10 Å². The van der Waals surface area contributed by atoms with E-state index in [0.717, 1.165) is 15.8 Å². The predicted molar refractivity (Wildman–Crippen MR) is 79.8 cm³/mol. The number of halogens is 2. The average molecular weight is 407 g/mol. The molecule has 2 aromatic rings. The van der Waals surface area contributed by atoms with Crippen LogP contribution in [-0.2, 0) is 0 Å². The summed E-state index contributed by atoms with van der Waals surface area (Å²) in [5.74, 6) is 1.39. The molecule has 0 saturated carbocycles. The molecule has 90 valence electrons. The SMILES string of the molecule is CCC(O)c1ccc(-c2ccc(I)cc2Br)o1. The van der Waals surface area contributed by atoms with Crippen LogP contribution in [-0.4, -0.2) is 5.11 Å². The van der Waals surface area contributed by atoms with Crippen LogP contribution >= 0.6 is 38.5 Å². The van der Waals surface area contributed by atoms with Crippen molar-refractivity contribution in [3.8, 4) is 11.3 Å². The monoisotopic (exact) mass is 406 g/mol. The van der Waals surface area contributed by atoms with E-state index in [1.807, 2.05) is 37.3 Å². The van der Waals surface area contributed by atoms with Gasteiger partial charge in [-0.15, -0.1) is 0 Å². The van der Waals surface area contributed by atoms with Crippen molar-refractivity contribution in [2.75, 3.05) is 0 Å². The Morgan fingerprint density at radius 2 is 2.12 bits per heavy atom. The van der Waals surface area contributed by atoms with Gasteiger partial charge in [-0.2, -0.15) is 0 Å². The van der Waals surface area contributed by atoms with Crippen LogP contribution in [0.15, 0.2) is 39.2 Å². The quantitative estimate of drug-likeness (QED) is 0.745. The fraction of sp³-hybridized carbons (Fsp3) is 0.231. The molecule has 0 fully saturated rings. The van der Waals surface area contributed by atoms with E-state index in [2.05, 4.69) is 38.5 Å². The number of aliphatic hydroxyl groups excluding tert-OH is 1. The lowest BCUT2D eigenvalue weighted by molar-refractivity contribution is 0.147. The highest BCUT2D eigenvalue weighted by Crippen LogP contribution is 2.32. The van der Waals surface area contributed by atoms with Crippen LogP contribution in [0.5, 0.6) is 0 Å². The second kappa shape index (κ2) is 5.54. The highest BCUT2D eigenvalue weighted by atomic mass is 127. The van der Waals surface area contributed by atoms with Gasteiger partial charge in [0.2, 0.25) is 0 Å². The zero-order valence-electron chi connectivity index (χ0n) is 9.28. The van der Waals surface area contributed by atoms with Gasteiger partial charge in [-0.25, -0.2) is 0 Å². The van der Waals surface area contributed by atoms with E-state index in [-0.39, 0.29) is 0 Å². The summed E-state index contributed by atoms with van der Waals surface area (Å²) in [4.78, 5) is 0. The molecule has 0 aliphatic heterocycles. The average Bonchev–Trinajstić information content (AvgIpc) is 2.77. The van der Waals surface area contributed by atoms with Crippen molar-refractivity contribution in [1.82, 2.24) is 0 Å². The third-order valence-electron chi connectivity index (χ3n) is 2.54. The molecule has 4 heteroatoms. The Morgan fingerprint density at radius 1 is 1.35 bits per heavy atom. The Bertz CT molecular complexity index is 522. The molecular formula is C13H12BrIO2. The van der Waals surface area contributed by atoms with Gasteiger partial charge in [0, 0.05) is 13.6 Å². The van der Waals surface area contributed by atoms with Gasteiger partial charge in [0.25, 0.3) is 0 Å². The van der Waals surface area contributed by atoms with Crippen LogP contribution in [0.1, 0.15) is 25.2 Å². The largest absolute Gasteiger partial charge is 0.458 e. The summed E-state index contributed by atoms with van der Waals surface area (Å²) in [6, 6.07) is 9.79. The third kappa shape index (κ3) is 2.92. The van der Waals surface area contributed by atoms with Gasteiger partial charge in [-0.05, 0) is 75.3 Å². The summed E-state index contributed by atoms with van der Waals surface area (Å²) >= 11 is 5.78. The minimum Gasteiger partial charge on any atom is -0.458 e. The number of furan rings is 1. The molecule has 2 rings (SSSR count). The molecule has 0 amide bonds. The second-order valence-electron chi connectivity index (χ2n) is 3.75. The maximum Gasteiger partial charge on any atom is 0.135 e. The molecule has 0 aliphatic carbocycles. The van der Waals surface area contributed by atoms with Crippen molar-refractivity contribution in [1.29, 1.82) is 0 Å². The molecule has 1 aromatic carbocycles. The number of benzene rings is 1. The molecule has 1 heterocycles.